The van der Waals surface area contributed by atoms with Crippen molar-refractivity contribution in [3.63, 3.8) is 0 Å². The van der Waals surface area contributed by atoms with Crippen LogP contribution in [-0.2, 0) is 10.3 Å². The van der Waals surface area contributed by atoms with Crippen LogP contribution >= 0.6 is 0 Å². The Balaban J connectivity index is 1.80. The van der Waals surface area contributed by atoms with Gasteiger partial charge in [-0.1, -0.05) is 60.7 Å². The van der Waals surface area contributed by atoms with Crippen LogP contribution in [0.15, 0.2) is 60.7 Å². The molecular formula is C16H14O2. The second-order valence-corrected chi connectivity index (χ2v) is 4.61. The van der Waals surface area contributed by atoms with Crippen molar-refractivity contribution in [1.29, 1.82) is 0 Å². The minimum Gasteiger partial charge on any atom is -0.364 e. The van der Waals surface area contributed by atoms with Gasteiger partial charge in [-0.15, -0.1) is 0 Å². The summed E-state index contributed by atoms with van der Waals surface area (Å²) in [6.07, 6.45) is 0.418. The zero-order valence-electron chi connectivity index (χ0n) is 10.0. The third-order valence-corrected chi connectivity index (χ3v) is 3.33. The lowest BCUT2D eigenvalue weighted by Gasteiger charge is -2.11. The molecule has 90 valence electrons. The van der Waals surface area contributed by atoms with Gasteiger partial charge in [0.2, 0.25) is 0 Å². The summed E-state index contributed by atoms with van der Waals surface area (Å²) in [7, 11) is 0. The normalized spacial score (nSPS) is 21.6. The second-order valence-electron chi connectivity index (χ2n) is 4.61. The maximum Gasteiger partial charge on any atom is 0.166 e. The van der Waals surface area contributed by atoms with Gasteiger partial charge >= 0.3 is 0 Å². The quantitative estimate of drug-likeness (QED) is 0.604. The van der Waals surface area contributed by atoms with E-state index < -0.39 is 0 Å². The number of carbonyl (C=O) groups excluding carboxylic acids is 1. The van der Waals surface area contributed by atoms with Crippen LogP contribution in [0.25, 0.3) is 0 Å². The molecule has 2 aromatic rings. The summed E-state index contributed by atoms with van der Waals surface area (Å²) in [5, 5.41) is 0. The Bertz CT molecular complexity index is 542. The van der Waals surface area contributed by atoms with Crippen molar-refractivity contribution in [1.82, 2.24) is 0 Å². The molecule has 1 aliphatic heterocycles. The Morgan fingerprint density at radius 3 is 2.11 bits per heavy atom. The minimum absolute atomic E-state index is 0.136. The summed E-state index contributed by atoms with van der Waals surface area (Å²) in [5.74, 6) is 0.136. The van der Waals surface area contributed by atoms with Gasteiger partial charge in [-0.3, -0.25) is 4.79 Å². The lowest BCUT2D eigenvalue weighted by atomic mass is 9.92. The van der Waals surface area contributed by atoms with E-state index in [4.69, 9.17) is 4.74 Å². The Morgan fingerprint density at radius 2 is 1.56 bits per heavy atom. The molecule has 1 fully saturated rings. The van der Waals surface area contributed by atoms with Crippen LogP contribution in [0.3, 0.4) is 0 Å². The Labute approximate surface area is 106 Å². The van der Waals surface area contributed by atoms with Gasteiger partial charge in [0.15, 0.2) is 5.78 Å². The van der Waals surface area contributed by atoms with Gasteiger partial charge in [0, 0.05) is 12.0 Å². The fourth-order valence-electron chi connectivity index (χ4n) is 2.19. The first-order valence-electron chi connectivity index (χ1n) is 6.08. The summed E-state index contributed by atoms with van der Waals surface area (Å²) >= 11 is 0. The molecule has 0 spiro atoms. The van der Waals surface area contributed by atoms with Crippen LogP contribution in [0.4, 0.5) is 0 Å². The van der Waals surface area contributed by atoms with E-state index in [1.54, 1.807) is 0 Å². The van der Waals surface area contributed by atoms with Crippen LogP contribution < -0.4 is 0 Å². The highest BCUT2D eigenvalue weighted by Gasteiger charge is 2.47. The lowest BCUT2D eigenvalue weighted by molar-refractivity contribution is 0.0944. The fourth-order valence-corrected chi connectivity index (χ4v) is 2.19. The van der Waals surface area contributed by atoms with Crippen molar-refractivity contribution < 1.29 is 9.53 Å². The molecule has 0 aromatic heterocycles. The van der Waals surface area contributed by atoms with Gasteiger partial charge < -0.3 is 4.74 Å². The zero-order chi connectivity index (χ0) is 12.4. The van der Waals surface area contributed by atoms with Crippen LogP contribution in [0.5, 0.6) is 0 Å². The van der Waals surface area contributed by atoms with Crippen LogP contribution in [0.2, 0.25) is 0 Å². The highest BCUT2D eigenvalue weighted by atomic mass is 16.6. The first-order chi connectivity index (χ1) is 8.80. The summed E-state index contributed by atoms with van der Waals surface area (Å²) in [4.78, 5) is 12.2. The Kier molecular flexibility index (Phi) is 2.73. The number of hydrogen-bond acceptors (Lipinski definition) is 2. The molecule has 0 N–H and O–H groups in total. The molecule has 1 aliphatic rings. The number of rotatable bonds is 4. The molecule has 2 heteroatoms. The third kappa shape index (κ3) is 2.07. The molecule has 2 aromatic carbocycles. The van der Waals surface area contributed by atoms with Crippen LogP contribution in [0, 0.1) is 0 Å². The maximum absolute atomic E-state index is 12.2. The van der Waals surface area contributed by atoms with Gasteiger partial charge in [-0.2, -0.15) is 0 Å². The molecule has 1 unspecified atom stereocenters. The van der Waals surface area contributed by atoms with Gasteiger partial charge in [-0.25, -0.2) is 0 Å². The minimum atomic E-state index is -0.381. The lowest BCUT2D eigenvalue weighted by Crippen LogP contribution is -2.15. The molecule has 1 atom stereocenters. The predicted octanol–water partition coefficient (Wildman–Crippen LogP) is 3.19. The van der Waals surface area contributed by atoms with E-state index in [0.29, 0.717) is 13.0 Å². The SMILES string of the molecule is O=C(CC1(c2ccccc2)CO1)c1ccccc1. The van der Waals surface area contributed by atoms with Crippen molar-refractivity contribution in [2.45, 2.75) is 12.0 Å². The first kappa shape index (κ1) is 11.2. The van der Waals surface area contributed by atoms with Gasteiger partial charge in [0.05, 0.1) is 6.61 Å². The smallest absolute Gasteiger partial charge is 0.166 e. The molecule has 0 bridgehead atoms. The van der Waals surface area contributed by atoms with E-state index in [1.807, 2.05) is 60.7 Å². The molecule has 2 nitrogen and oxygen atoms in total. The average Bonchev–Trinajstić information content (AvgIpc) is 3.22. The summed E-state index contributed by atoms with van der Waals surface area (Å²) in [6.45, 7) is 0.635. The van der Waals surface area contributed by atoms with Gasteiger partial charge in [0.25, 0.3) is 0 Å². The number of Topliss-reactive ketones (excluding diaryl/α,β-unsaturated/α-hetero) is 1. The molecule has 3 rings (SSSR count). The van der Waals surface area contributed by atoms with E-state index >= 15 is 0 Å². The van der Waals surface area contributed by atoms with E-state index in [2.05, 4.69) is 0 Å². The summed E-state index contributed by atoms with van der Waals surface area (Å²) in [6, 6.07) is 19.4. The molecule has 18 heavy (non-hydrogen) atoms. The highest BCUT2D eigenvalue weighted by Crippen LogP contribution is 2.42. The number of ether oxygens (including phenoxy) is 1. The van der Waals surface area contributed by atoms with Gasteiger partial charge in [0.1, 0.15) is 5.60 Å². The second kappa shape index (κ2) is 4.39. The Hall–Kier alpha value is -1.93. The number of benzene rings is 2. The largest absolute Gasteiger partial charge is 0.364 e. The summed E-state index contributed by atoms with van der Waals surface area (Å²) < 4.78 is 5.55. The molecule has 0 aliphatic carbocycles. The van der Waals surface area contributed by atoms with Crippen molar-refractivity contribution in [2.75, 3.05) is 6.61 Å². The number of hydrogen-bond donors (Lipinski definition) is 0. The average molecular weight is 238 g/mol. The zero-order valence-corrected chi connectivity index (χ0v) is 10.0. The molecule has 0 radical (unpaired) electrons. The van der Waals surface area contributed by atoms with E-state index in [0.717, 1.165) is 11.1 Å². The third-order valence-electron chi connectivity index (χ3n) is 3.33. The fraction of sp³-hybridized carbons (Fsp3) is 0.188. The predicted molar refractivity (Wildman–Crippen MR) is 69.5 cm³/mol. The first-order valence-corrected chi connectivity index (χ1v) is 6.08. The van der Waals surface area contributed by atoms with Crippen LogP contribution in [-0.4, -0.2) is 12.4 Å². The highest BCUT2D eigenvalue weighted by molar-refractivity contribution is 5.97. The van der Waals surface area contributed by atoms with Crippen molar-refractivity contribution >= 4 is 5.78 Å². The van der Waals surface area contributed by atoms with Crippen molar-refractivity contribution in [2.24, 2.45) is 0 Å². The summed E-state index contributed by atoms with van der Waals surface area (Å²) in [5.41, 5.74) is 1.46. The van der Waals surface area contributed by atoms with E-state index in [9.17, 15) is 4.79 Å². The molecule has 1 saturated heterocycles. The molecule has 1 heterocycles. The molecular weight excluding hydrogens is 224 g/mol. The molecule has 0 saturated carbocycles. The van der Waals surface area contributed by atoms with Crippen molar-refractivity contribution in [3.05, 3.63) is 71.8 Å². The maximum atomic E-state index is 12.2. The van der Waals surface area contributed by atoms with Gasteiger partial charge in [-0.05, 0) is 5.56 Å². The Morgan fingerprint density at radius 1 is 1.00 bits per heavy atom. The van der Waals surface area contributed by atoms with E-state index in [1.165, 1.54) is 0 Å². The number of epoxide rings is 1. The standard InChI is InChI=1S/C16H14O2/c17-15(13-7-3-1-4-8-13)11-16(12-18-16)14-9-5-2-6-10-14/h1-10H,11-12H2. The monoisotopic (exact) mass is 238 g/mol. The molecule has 0 amide bonds. The number of carbonyl (C=O) groups is 1. The van der Waals surface area contributed by atoms with Crippen molar-refractivity contribution in [3.8, 4) is 0 Å². The van der Waals surface area contributed by atoms with Crippen LogP contribution in [0.1, 0.15) is 22.3 Å². The topological polar surface area (TPSA) is 29.6 Å². The van der Waals surface area contributed by atoms with E-state index in [-0.39, 0.29) is 11.4 Å². The number of ketones is 1.